The summed E-state index contributed by atoms with van der Waals surface area (Å²) in [6.07, 6.45) is 10.3. The Hall–Kier alpha value is -2.60. The van der Waals surface area contributed by atoms with Crippen LogP contribution in [0.25, 0.3) is 11.6 Å². The van der Waals surface area contributed by atoms with E-state index in [1.165, 1.54) is 64.1 Å². The Morgan fingerprint density at radius 2 is 1.48 bits per heavy atom. The molecule has 0 heteroatoms. The van der Waals surface area contributed by atoms with Crippen molar-refractivity contribution in [2.24, 2.45) is 11.8 Å². The maximum Gasteiger partial charge on any atom is -0.00791 e. The van der Waals surface area contributed by atoms with Gasteiger partial charge in [-0.1, -0.05) is 91.6 Å². The van der Waals surface area contributed by atoms with Crippen molar-refractivity contribution in [3.63, 3.8) is 0 Å². The second-order valence-electron chi connectivity index (χ2n) is 9.32. The van der Waals surface area contributed by atoms with E-state index in [1.54, 1.807) is 16.7 Å². The molecule has 29 heavy (non-hydrogen) atoms. The lowest BCUT2D eigenvalue weighted by Gasteiger charge is -2.37. The van der Waals surface area contributed by atoms with Gasteiger partial charge in [-0.3, -0.25) is 0 Å². The van der Waals surface area contributed by atoms with E-state index in [1.807, 2.05) is 0 Å². The Labute approximate surface area is 172 Å². The zero-order chi connectivity index (χ0) is 19.4. The molecule has 0 saturated heterocycles. The number of rotatable bonds is 2. The van der Waals surface area contributed by atoms with Crippen LogP contribution in [-0.4, -0.2) is 0 Å². The molecule has 0 N–H and O–H groups in total. The Balaban J connectivity index is 1.64. The van der Waals surface area contributed by atoms with Crippen molar-refractivity contribution in [1.82, 2.24) is 0 Å². The van der Waals surface area contributed by atoms with Gasteiger partial charge in [0.1, 0.15) is 0 Å². The van der Waals surface area contributed by atoms with E-state index in [4.69, 9.17) is 0 Å². The van der Waals surface area contributed by atoms with Gasteiger partial charge in [0.2, 0.25) is 0 Å². The summed E-state index contributed by atoms with van der Waals surface area (Å²) in [7, 11) is 0. The van der Waals surface area contributed by atoms with Gasteiger partial charge in [0, 0.05) is 0 Å². The number of aryl methyl sites for hydroxylation is 1. The monoisotopic (exact) mass is 376 g/mol. The van der Waals surface area contributed by atoms with Gasteiger partial charge in [0.15, 0.2) is 0 Å². The molecule has 3 aromatic rings. The van der Waals surface area contributed by atoms with E-state index in [-0.39, 0.29) is 0 Å². The van der Waals surface area contributed by atoms with Gasteiger partial charge in [-0.2, -0.15) is 0 Å². The van der Waals surface area contributed by atoms with Gasteiger partial charge in [-0.25, -0.2) is 0 Å². The van der Waals surface area contributed by atoms with Crippen molar-refractivity contribution in [3.05, 3.63) is 104 Å². The van der Waals surface area contributed by atoms with Crippen LogP contribution in [0.15, 0.2) is 60.7 Å². The first-order chi connectivity index (χ1) is 14.3. The molecule has 0 aliphatic heterocycles. The van der Waals surface area contributed by atoms with Crippen LogP contribution in [0.5, 0.6) is 0 Å². The first-order valence-electron chi connectivity index (χ1n) is 11.3. The molecule has 3 aliphatic rings. The fourth-order valence-electron chi connectivity index (χ4n) is 5.81. The smallest absolute Gasteiger partial charge is 0.00791 e. The first-order valence-corrected chi connectivity index (χ1v) is 11.3. The molecule has 0 radical (unpaired) electrons. The number of hydrogen-bond acceptors (Lipinski definition) is 0. The lowest BCUT2D eigenvalue weighted by Crippen LogP contribution is -2.33. The third-order valence-electron chi connectivity index (χ3n) is 7.68. The molecular weight excluding hydrogens is 348 g/mol. The van der Waals surface area contributed by atoms with E-state index in [2.05, 4.69) is 73.7 Å². The van der Waals surface area contributed by atoms with Crippen molar-refractivity contribution in [1.29, 1.82) is 0 Å². The van der Waals surface area contributed by atoms with E-state index >= 15 is 0 Å². The summed E-state index contributed by atoms with van der Waals surface area (Å²) < 4.78 is 0. The Morgan fingerprint density at radius 1 is 0.690 bits per heavy atom. The van der Waals surface area contributed by atoms with E-state index < -0.39 is 0 Å². The molecule has 1 saturated carbocycles. The molecule has 144 valence electrons. The molecule has 0 bridgehead atoms. The minimum Gasteiger partial charge on any atom is -0.0722 e. The van der Waals surface area contributed by atoms with Gasteiger partial charge in [-0.15, -0.1) is 0 Å². The number of fused-ring (bicyclic) bond motifs is 4. The standard InChI is InChI=1S/C29H28/c1-19-9-11-22(12-10-19)28-17-23(20-6-4-7-20)18-29-26-14-13-21-5-2-3-8-24(21)25(26)15-16-27(28)29/h2-3,5,8-13,15-16,20,23H,4,6-7,14,17-18H2,1H3. The van der Waals surface area contributed by atoms with Crippen LogP contribution >= 0.6 is 0 Å². The van der Waals surface area contributed by atoms with Gasteiger partial charge < -0.3 is 0 Å². The van der Waals surface area contributed by atoms with Crippen LogP contribution < -0.4 is 10.4 Å². The molecule has 6 rings (SSSR count). The highest BCUT2D eigenvalue weighted by Gasteiger charge is 2.32. The highest BCUT2D eigenvalue weighted by molar-refractivity contribution is 5.69. The molecule has 0 amide bonds. The van der Waals surface area contributed by atoms with Gasteiger partial charge in [0.05, 0.1) is 0 Å². The zero-order valence-electron chi connectivity index (χ0n) is 17.2. The molecule has 1 atom stereocenters. The molecule has 3 aromatic carbocycles. The summed E-state index contributed by atoms with van der Waals surface area (Å²) in [6.45, 7) is 2.18. The molecule has 0 heterocycles. The quantitative estimate of drug-likeness (QED) is 0.578. The third-order valence-corrected chi connectivity index (χ3v) is 7.68. The van der Waals surface area contributed by atoms with Crippen LogP contribution in [0.2, 0.25) is 0 Å². The fraction of sp³-hybridized carbons (Fsp3) is 0.310. The van der Waals surface area contributed by atoms with Gasteiger partial charge in [-0.05, 0) is 81.2 Å². The Morgan fingerprint density at radius 3 is 2.28 bits per heavy atom. The molecule has 0 aromatic heterocycles. The topological polar surface area (TPSA) is 0 Å². The maximum atomic E-state index is 2.44. The second-order valence-corrected chi connectivity index (χ2v) is 9.32. The molecule has 3 aliphatic carbocycles. The Bertz CT molecular complexity index is 1300. The Kier molecular flexibility index (Phi) is 4.01. The molecule has 0 nitrogen and oxygen atoms in total. The highest BCUT2D eigenvalue weighted by Crippen LogP contribution is 2.41. The summed E-state index contributed by atoms with van der Waals surface area (Å²) in [5, 5.41) is 5.81. The summed E-state index contributed by atoms with van der Waals surface area (Å²) in [5.74, 6) is 1.75. The highest BCUT2D eigenvalue weighted by atomic mass is 14.4. The average molecular weight is 377 g/mol. The lowest BCUT2D eigenvalue weighted by molar-refractivity contribution is 0.205. The minimum atomic E-state index is 0.816. The summed E-state index contributed by atoms with van der Waals surface area (Å²) in [6, 6.07) is 23.0. The predicted octanol–water partition coefficient (Wildman–Crippen LogP) is 5.18. The largest absolute Gasteiger partial charge is 0.0722 e. The van der Waals surface area contributed by atoms with Crippen molar-refractivity contribution < 1.29 is 0 Å². The van der Waals surface area contributed by atoms with Gasteiger partial charge >= 0.3 is 0 Å². The maximum absolute atomic E-state index is 2.44. The van der Waals surface area contributed by atoms with Gasteiger partial charge in [0.25, 0.3) is 0 Å². The molecular formula is C29H28. The summed E-state index contributed by atoms with van der Waals surface area (Å²) >= 11 is 0. The van der Waals surface area contributed by atoms with E-state index in [0.29, 0.717) is 0 Å². The van der Waals surface area contributed by atoms with Crippen LogP contribution in [-0.2, 0) is 12.8 Å². The second kappa shape index (κ2) is 6.73. The minimum absolute atomic E-state index is 0.816. The number of benzene rings is 3. The predicted molar refractivity (Wildman–Crippen MR) is 121 cm³/mol. The summed E-state index contributed by atoms with van der Waals surface area (Å²) in [5.41, 5.74) is 7.60. The van der Waals surface area contributed by atoms with Crippen molar-refractivity contribution in [2.75, 3.05) is 0 Å². The molecule has 1 fully saturated rings. The van der Waals surface area contributed by atoms with Crippen molar-refractivity contribution >= 4 is 11.6 Å². The SMILES string of the molecule is Cc1ccc(C2=c3ccc4c(c3CC(C3CCC3)C2)CC=c2ccccc2=4)cc1. The van der Waals surface area contributed by atoms with Crippen molar-refractivity contribution in [3.8, 4) is 0 Å². The number of hydrogen-bond donors (Lipinski definition) is 0. The fourth-order valence-corrected chi connectivity index (χ4v) is 5.81. The van der Waals surface area contributed by atoms with E-state index in [9.17, 15) is 0 Å². The average Bonchev–Trinajstić information content (AvgIpc) is 2.72. The van der Waals surface area contributed by atoms with Crippen molar-refractivity contribution in [2.45, 2.75) is 45.4 Å². The van der Waals surface area contributed by atoms with Crippen LogP contribution in [0.1, 0.15) is 47.9 Å². The first kappa shape index (κ1) is 17.3. The van der Waals surface area contributed by atoms with E-state index in [0.717, 1.165) is 18.3 Å². The summed E-state index contributed by atoms with van der Waals surface area (Å²) in [4.78, 5) is 0. The zero-order valence-corrected chi connectivity index (χ0v) is 17.2. The van der Waals surface area contributed by atoms with Crippen LogP contribution in [0.3, 0.4) is 0 Å². The van der Waals surface area contributed by atoms with Crippen LogP contribution in [0.4, 0.5) is 0 Å². The van der Waals surface area contributed by atoms with Crippen LogP contribution in [0, 0.1) is 29.2 Å². The molecule has 0 spiro atoms. The third kappa shape index (κ3) is 2.81. The molecule has 1 unspecified atom stereocenters. The normalized spacial score (nSPS) is 20.2. The lowest BCUT2D eigenvalue weighted by atomic mass is 9.67.